The molecule has 4 nitrogen and oxygen atoms in total. The van der Waals surface area contributed by atoms with E-state index in [0.717, 1.165) is 48.0 Å². The molecule has 0 spiro atoms. The van der Waals surface area contributed by atoms with Gasteiger partial charge in [0.1, 0.15) is 28.4 Å². The zero-order valence-corrected chi connectivity index (χ0v) is 38.1. The van der Waals surface area contributed by atoms with Crippen molar-refractivity contribution >= 4 is 82.0 Å². The van der Waals surface area contributed by atoms with Crippen molar-refractivity contribution in [2.45, 2.75) is 64.8 Å². The first-order valence-corrected chi connectivity index (χ1v) is 16.5. The van der Waals surface area contributed by atoms with E-state index in [4.69, 9.17) is 30.0 Å². The minimum atomic E-state index is -0.110. The van der Waals surface area contributed by atoms with Crippen LogP contribution in [0.15, 0.2) is 36.4 Å². The Bertz CT molecular complexity index is 747. The Morgan fingerprint density at radius 1 is 0.738 bits per heavy atom. The number of benzene rings is 2. The Hall–Kier alpha value is 4.27. The molecule has 0 aliphatic carbocycles. The van der Waals surface area contributed by atoms with Crippen LogP contribution in [-0.2, 0) is 154 Å². The molecule has 42 heavy (non-hydrogen) atoms. The molecule has 0 aromatic heterocycles. The summed E-state index contributed by atoms with van der Waals surface area (Å²) in [5.41, 5.74) is 6.92. The number of hydrogen-bond donors (Lipinski definition) is 3. The Labute approximate surface area is 343 Å². The molecule has 0 saturated carbocycles. The van der Waals surface area contributed by atoms with E-state index >= 15 is 0 Å². The molecule has 0 amide bonds. The van der Waals surface area contributed by atoms with Crippen molar-refractivity contribution in [3.8, 4) is 0 Å². The Morgan fingerprint density at radius 3 is 1.31 bits per heavy atom. The Kier molecular flexibility index (Phi) is 80.7. The van der Waals surface area contributed by atoms with Gasteiger partial charge in [0.15, 0.2) is 0 Å². The number of aldehydes is 1. The van der Waals surface area contributed by atoms with Crippen LogP contribution in [0, 0.1) is 0 Å². The third-order valence-corrected chi connectivity index (χ3v) is 6.94. The summed E-state index contributed by atoms with van der Waals surface area (Å²) >= 11 is 0. The molecule has 2 aromatic rings. The molecule has 19 heteroatoms. The van der Waals surface area contributed by atoms with Gasteiger partial charge in [-0.05, 0) is 46.6 Å². The maximum Gasteiger partial charge on any atom is 0.143 e. The molecule has 11 radical (unpaired) electrons. The van der Waals surface area contributed by atoms with Crippen LogP contribution in [0.1, 0.15) is 60.6 Å². The summed E-state index contributed by atoms with van der Waals surface area (Å²) in [6.07, 6.45) is 6.80. The molecule has 0 aliphatic heterocycles. The minimum absolute atomic E-state index is 0. The maximum atomic E-state index is 9.40. The summed E-state index contributed by atoms with van der Waals surface area (Å²) in [7, 11) is 14.6. The van der Waals surface area contributed by atoms with E-state index in [1.807, 2.05) is 25.1 Å². The summed E-state index contributed by atoms with van der Waals surface area (Å²) in [6, 6.07) is 12.4. The first kappa shape index (κ1) is 68.3. The van der Waals surface area contributed by atoms with Gasteiger partial charge in [0.2, 0.25) is 0 Å². The van der Waals surface area contributed by atoms with Crippen molar-refractivity contribution < 1.29 is 131 Å². The SMILES string of the molecule is C.CCCC=O.OCc1cc(CPO)cc(CPO)c1.P.[B]PCc1cc(C[B]P)cc(CP[B])c1.[V].[V].[V].[V].[V].[V]. The summed E-state index contributed by atoms with van der Waals surface area (Å²) in [5, 5.41) is 9.00. The van der Waals surface area contributed by atoms with Gasteiger partial charge >= 0.3 is 0 Å². The molecule has 0 saturated heterocycles. The third-order valence-electron chi connectivity index (χ3n) is 4.35. The molecule has 0 heterocycles. The predicted molar refractivity (Wildman–Crippen MR) is 181 cm³/mol. The number of carbonyl (C=O) groups excluding carboxylic acids is 1. The van der Waals surface area contributed by atoms with E-state index in [1.165, 1.54) is 16.7 Å². The molecule has 0 fully saturated rings. The van der Waals surface area contributed by atoms with E-state index in [-0.39, 0.29) is 153 Å². The second kappa shape index (κ2) is 49.7. The number of aliphatic hydroxyl groups is 1. The van der Waals surface area contributed by atoms with Crippen molar-refractivity contribution in [2.24, 2.45) is 0 Å². The summed E-state index contributed by atoms with van der Waals surface area (Å²) < 4.78 is 0. The van der Waals surface area contributed by atoms with Gasteiger partial charge < -0.3 is 19.7 Å². The number of hydrogen-bond acceptors (Lipinski definition) is 4. The van der Waals surface area contributed by atoms with Crippen molar-refractivity contribution in [2.75, 3.05) is 0 Å². The quantitative estimate of drug-likeness (QED) is 0.147. The van der Waals surface area contributed by atoms with Crippen LogP contribution in [0.2, 0.25) is 0 Å². The van der Waals surface area contributed by atoms with Crippen LogP contribution in [-0.4, -0.2) is 43.3 Å². The van der Waals surface area contributed by atoms with Gasteiger partial charge in [-0.15, -0.1) is 0 Å². The van der Waals surface area contributed by atoms with Crippen molar-refractivity contribution in [3.05, 3.63) is 69.8 Å². The third kappa shape index (κ3) is 37.1. The summed E-state index contributed by atoms with van der Waals surface area (Å²) in [4.78, 5) is 27.0. The van der Waals surface area contributed by atoms with Crippen LogP contribution >= 0.6 is 53.6 Å². The number of carbonyl (C=O) groups is 1. The van der Waals surface area contributed by atoms with Gasteiger partial charge in [0, 0.05) is 148 Å². The predicted octanol–water partition coefficient (Wildman–Crippen LogP) is 5.22. The smallest absolute Gasteiger partial charge is 0.143 e. The molecular weight excluding hydrogens is 864 g/mol. The van der Waals surface area contributed by atoms with Crippen molar-refractivity contribution in [1.29, 1.82) is 0 Å². The standard InChI is InChI=1S/C9H13B3P3.C9H14O3P2.C4H8O.CH4.H3P.6V/c10-14-5-8-1-7(4-12-13)2-9(3-8)6-15-11;10-4-7-1-8(5-13-11)3-9(2-7)6-14-12;1-2-3-4-5;;;;;;;;/h1-3,14-15H,4-6,13H2;1-3,10-14H,4-6H2;4H,2-3H2,1H3;1H4;1H3;;;;;;. The molecule has 0 aliphatic rings. The van der Waals surface area contributed by atoms with E-state index in [0.29, 0.717) is 35.7 Å². The first-order chi connectivity index (χ1) is 16.5. The van der Waals surface area contributed by atoms with Crippen LogP contribution in [0.25, 0.3) is 0 Å². The van der Waals surface area contributed by atoms with E-state index in [2.05, 4.69) is 34.3 Å². The van der Waals surface area contributed by atoms with Gasteiger partial charge in [-0.2, -0.15) is 35.9 Å². The van der Waals surface area contributed by atoms with Crippen molar-refractivity contribution in [3.63, 3.8) is 0 Å². The number of rotatable bonds is 13. The molecule has 227 valence electrons. The molecule has 3 N–H and O–H groups in total. The zero-order chi connectivity index (χ0) is 25.6. The van der Waals surface area contributed by atoms with Gasteiger partial charge in [-0.25, -0.2) is 0 Å². The first-order valence-electron chi connectivity index (χ1n) is 10.9. The van der Waals surface area contributed by atoms with E-state index in [9.17, 15) is 4.79 Å². The minimum Gasteiger partial charge on any atom is -0.392 e. The fourth-order valence-corrected chi connectivity index (χ4v) is 4.89. The molecule has 2 aromatic carbocycles. The number of unbranched alkanes of at least 4 members (excludes halogenated alkanes) is 1. The monoisotopic (exact) mass is 907 g/mol. The normalized spacial score (nSPS) is 9.17. The Balaban J connectivity index is -0.0000000549. The number of aliphatic hydroxyl groups excluding tert-OH is 1. The molecule has 6 unspecified atom stereocenters. The molecule has 6 atom stereocenters. The van der Waals surface area contributed by atoms with Crippen LogP contribution in [0.4, 0.5) is 0 Å². The molecule has 0 bridgehead atoms. The van der Waals surface area contributed by atoms with Gasteiger partial charge in [0.05, 0.1) is 6.61 Å². The maximum absolute atomic E-state index is 9.40. The molecule has 2 rings (SSSR count). The van der Waals surface area contributed by atoms with Crippen molar-refractivity contribution in [1.82, 2.24) is 0 Å². The summed E-state index contributed by atoms with van der Waals surface area (Å²) in [6.45, 7) is 4.08. The van der Waals surface area contributed by atoms with Gasteiger partial charge in [-0.1, -0.05) is 62.6 Å². The zero-order valence-electron chi connectivity index (χ0n) is 23.1. The van der Waals surface area contributed by atoms with Crippen LogP contribution in [0.3, 0.4) is 0 Å². The van der Waals surface area contributed by atoms with Gasteiger partial charge in [-0.3, -0.25) is 0 Å². The van der Waals surface area contributed by atoms with Crippen LogP contribution < -0.4 is 0 Å². The second-order valence-corrected chi connectivity index (χ2v) is 10.6. The average molecular weight is 907 g/mol. The topological polar surface area (TPSA) is 77.8 Å². The fourth-order valence-electron chi connectivity index (χ4n) is 2.97. The summed E-state index contributed by atoms with van der Waals surface area (Å²) in [5.74, 6) is 0. The largest absolute Gasteiger partial charge is 0.392 e. The van der Waals surface area contributed by atoms with E-state index in [1.54, 1.807) is 0 Å². The molecular formula is C23H42B3O4P6V6. The Morgan fingerprint density at radius 2 is 1.07 bits per heavy atom. The second-order valence-electron chi connectivity index (χ2n) is 7.30. The van der Waals surface area contributed by atoms with E-state index < -0.39 is 0 Å². The van der Waals surface area contributed by atoms with Crippen LogP contribution in [0.5, 0.6) is 0 Å². The fraction of sp³-hybridized carbons (Fsp3) is 0.435. The average Bonchev–Trinajstić information content (AvgIpc) is 2.81. The van der Waals surface area contributed by atoms with Gasteiger partial charge in [0.25, 0.3) is 0 Å².